The van der Waals surface area contributed by atoms with Crippen molar-refractivity contribution in [3.63, 3.8) is 0 Å². The number of aryl methyl sites for hydroxylation is 1. The molecular weight excluding hydrogens is 200 g/mol. The van der Waals surface area contributed by atoms with E-state index in [4.69, 9.17) is 10.5 Å². The minimum atomic E-state index is 0.235. The smallest absolute Gasteiger partial charge is 0.0667 e. The van der Waals surface area contributed by atoms with Crippen molar-refractivity contribution in [3.8, 4) is 0 Å². The first-order valence-corrected chi connectivity index (χ1v) is 6.10. The van der Waals surface area contributed by atoms with Crippen LogP contribution < -0.4 is 5.73 Å². The number of fused-ring (bicyclic) bond motifs is 1. The van der Waals surface area contributed by atoms with E-state index in [9.17, 15) is 0 Å². The lowest BCUT2D eigenvalue weighted by Crippen LogP contribution is -2.21. The maximum atomic E-state index is 6.16. The zero-order chi connectivity index (χ0) is 11.7. The van der Waals surface area contributed by atoms with Gasteiger partial charge in [0.2, 0.25) is 0 Å². The molecule has 3 nitrogen and oxygen atoms in total. The van der Waals surface area contributed by atoms with Gasteiger partial charge in [-0.2, -0.15) is 0 Å². The van der Waals surface area contributed by atoms with Crippen molar-refractivity contribution >= 4 is 0 Å². The van der Waals surface area contributed by atoms with E-state index in [1.54, 1.807) is 7.11 Å². The molecule has 0 radical (unpaired) electrons. The summed E-state index contributed by atoms with van der Waals surface area (Å²) in [6, 6.07) is 2.89. The highest BCUT2D eigenvalue weighted by molar-refractivity contribution is 5.33. The monoisotopic (exact) mass is 222 g/mol. The van der Waals surface area contributed by atoms with Gasteiger partial charge in [0, 0.05) is 24.5 Å². The van der Waals surface area contributed by atoms with Crippen LogP contribution in [0.2, 0.25) is 0 Å². The van der Waals surface area contributed by atoms with Gasteiger partial charge in [-0.15, -0.1) is 0 Å². The zero-order valence-corrected chi connectivity index (χ0v) is 10.5. The Morgan fingerprint density at radius 2 is 2.38 bits per heavy atom. The predicted octanol–water partition coefficient (Wildman–Crippen LogP) is 2.34. The predicted molar refractivity (Wildman–Crippen MR) is 65.6 cm³/mol. The molecule has 2 unspecified atom stereocenters. The molecule has 1 heterocycles. The Morgan fingerprint density at radius 3 is 3.06 bits per heavy atom. The van der Waals surface area contributed by atoms with Crippen molar-refractivity contribution in [1.82, 2.24) is 4.57 Å². The van der Waals surface area contributed by atoms with Gasteiger partial charge in [-0.1, -0.05) is 0 Å². The van der Waals surface area contributed by atoms with Gasteiger partial charge in [0.25, 0.3) is 0 Å². The van der Waals surface area contributed by atoms with Crippen molar-refractivity contribution in [1.29, 1.82) is 0 Å². The normalized spacial score (nSPS) is 21.9. The fourth-order valence-electron chi connectivity index (χ4n) is 2.89. The van der Waals surface area contributed by atoms with Crippen LogP contribution in [0, 0.1) is 6.92 Å². The molecule has 0 bridgehead atoms. The molecule has 16 heavy (non-hydrogen) atoms. The van der Waals surface area contributed by atoms with Crippen LogP contribution in [-0.4, -0.2) is 18.3 Å². The molecular formula is C13H22N2O. The average Bonchev–Trinajstić information content (AvgIpc) is 2.56. The van der Waals surface area contributed by atoms with Crippen LogP contribution in [0.15, 0.2) is 6.07 Å². The number of rotatable bonds is 3. The summed E-state index contributed by atoms with van der Waals surface area (Å²) < 4.78 is 7.65. The van der Waals surface area contributed by atoms with Crippen molar-refractivity contribution < 1.29 is 4.74 Å². The summed E-state index contributed by atoms with van der Waals surface area (Å²) in [6.45, 7) is 5.13. The molecule has 0 fully saturated rings. The Labute approximate surface area is 97.6 Å². The highest BCUT2D eigenvalue weighted by Crippen LogP contribution is 2.32. The minimum absolute atomic E-state index is 0.235. The van der Waals surface area contributed by atoms with Crippen molar-refractivity contribution in [2.24, 2.45) is 5.73 Å². The van der Waals surface area contributed by atoms with Gasteiger partial charge in [-0.25, -0.2) is 0 Å². The molecule has 2 atom stereocenters. The molecule has 0 amide bonds. The lowest BCUT2D eigenvalue weighted by molar-refractivity contribution is 0.160. The molecule has 0 saturated heterocycles. The summed E-state index contributed by atoms with van der Waals surface area (Å²) in [5.74, 6) is 0. The van der Waals surface area contributed by atoms with Crippen molar-refractivity contribution in [2.75, 3.05) is 13.7 Å². The van der Waals surface area contributed by atoms with Crippen LogP contribution in [-0.2, 0) is 11.2 Å². The van der Waals surface area contributed by atoms with E-state index in [0.29, 0.717) is 6.04 Å². The van der Waals surface area contributed by atoms with Gasteiger partial charge in [-0.05, 0) is 44.7 Å². The number of nitrogens with two attached hydrogens (primary N) is 1. The topological polar surface area (TPSA) is 40.2 Å². The maximum Gasteiger partial charge on any atom is 0.0667 e. The Bertz CT molecular complexity index is 370. The SMILES string of the molecule is COCC(C)n1c(C)cc2c1CCCC2N. The quantitative estimate of drug-likeness (QED) is 0.852. The number of hydrogen-bond acceptors (Lipinski definition) is 2. The number of ether oxygens (including phenoxy) is 1. The average molecular weight is 222 g/mol. The second-order valence-corrected chi connectivity index (χ2v) is 4.86. The molecule has 2 N–H and O–H groups in total. The van der Waals surface area contributed by atoms with Gasteiger partial charge in [0.15, 0.2) is 0 Å². The first-order valence-electron chi connectivity index (χ1n) is 6.10. The van der Waals surface area contributed by atoms with Gasteiger partial charge in [0.05, 0.1) is 12.6 Å². The highest BCUT2D eigenvalue weighted by Gasteiger charge is 2.23. The van der Waals surface area contributed by atoms with E-state index in [0.717, 1.165) is 19.4 Å². The fourth-order valence-corrected chi connectivity index (χ4v) is 2.89. The van der Waals surface area contributed by atoms with Gasteiger partial charge >= 0.3 is 0 Å². The Morgan fingerprint density at radius 1 is 1.62 bits per heavy atom. The van der Waals surface area contributed by atoms with Crippen LogP contribution >= 0.6 is 0 Å². The van der Waals surface area contributed by atoms with Crippen molar-refractivity contribution in [3.05, 3.63) is 23.0 Å². The third-order valence-corrected chi connectivity index (χ3v) is 3.55. The number of methoxy groups -OCH3 is 1. The standard InChI is InChI=1S/C13H22N2O/c1-9-7-11-12(14)5-4-6-13(11)15(9)10(2)8-16-3/h7,10,12H,4-6,8,14H2,1-3H3. The third-order valence-electron chi connectivity index (χ3n) is 3.55. The van der Waals surface area contributed by atoms with Crippen LogP contribution in [0.25, 0.3) is 0 Å². The van der Waals surface area contributed by atoms with Gasteiger partial charge in [0.1, 0.15) is 0 Å². The molecule has 1 aliphatic carbocycles. The second kappa shape index (κ2) is 4.60. The number of nitrogens with zero attached hydrogens (tertiary/aromatic N) is 1. The minimum Gasteiger partial charge on any atom is -0.383 e. The van der Waals surface area contributed by atoms with E-state index < -0.39 is 0 Å². The molecule has 2 rings (SSSR count). The second-order valence-electron chi connectivity index (χ2n) is 4.86. The Balaban J connectivity index is 2.38. The third kappa shape index (κ3) is 1.89. The summed E-state index contributed by atoms with van der Waals surface area (Å²) in [7, 11) is 1.76. The molecule has 1 aromatic heterocycles. The summed E-state index contributed by atoms with van der Waals surface area (Å²) in [5.41, 5.74) is 10.3. The molecule has 0 saturated carbocycles. The van der Waals surface area contributed by atoms with Gasteiger partial charge < -0.3 is 15.0 Å². The molecule has 0 aliphatic heterocycles. The number of aromatic nitrogens is 1. The molecule has 0 spiro atoms. The Hall–Kier alpha value is -0.800. The van der Waals surface area contributed by atoms with Crippen LogP contribution in [0.4, 0.5) is 0 Å². The molecule has 1 aliphatic rings. The Kier molecular flexibility index (Phi) is 3.36. The van der Waals surface area contributed by atoms with Crippen LogP contribution in [0.1, 0.15) is 48.8 Å². The van der Waals surface area contributed by atoms with E-state index >= 15 is 0 Å². The lowest BCUT2D eigenvalue weighted by atomic mass is 9.93. The maximum absolute atomic E-state index is 6.16. The largest absolute Gasteiger partial charge is 0.383 e. The van der Waals surface area contributed by atoms with E-state index in [1.165, 1.54) is 23.4 Å². The molecule has 0 aromatic carbocycles. The molecule has 90 valence electrons. The first kappa shape index (κ1) is 11.7. The summed E-state index contributed by atoms with van der Waals surface area (Å²) in [5, 5.41) is 0. The van der Waals surface area contributed by atoms with Gasteiger partial charge in [-0.3, -0.25) is 0 Å². The van der Waals surface area contributed by atoms with E-state index in [2.05, 4.69) is 24.5 Å². The van der Waals surface area contributed by atoms with E-state index in [-0.39, 0.29) is 6.04 Å². The number of hydrogen-bond donors (Lipinski definition) is 1. The van der Waals surface area contributed by atoms with Crippen LogP contribution in [0.3, 0.4) is 0 Å². The summed E-state index contributed by atoms with van der Waals surface area (Å²) >= 11 is 0. The molecule has 3 heteroatoms. The van der Waals surface area contributed by atoms with Crippen molar-refractivity contribution in [2.45, 2.75) is 45.2 Å². The molecule has 1 aromatic rings. The van der Waals surface area contributed by atoms with E-state index in [1.807, 2.05) is 0 Å². The highest BCUT2D eigenvalue weighted by atomic mass is 16.5. The summed E-state index contributed by atoms with van der Waals surface area (Å²) in [4.78, 5) is 0. The van der Waals surface area contributed by atoms with Crippen LogP contribution in [0.5, 0.6) is 0 Å². The zero-order valence-electron chi connectivity index (χ0n) is 10.5. The fraction of sp³-hybridized carbons (Fsp3) is 0.692. The summed E-state index contributed by atoms with van der Waals surface area (Å²) in [6.07, 6.45) is 3.48. The first-order chi connectivity index (χ1) is 7.65. The lowest BCUT2D eigenvalue weighted by Gasteiger charge is -2.24.